The third-order valence-corrected chi connectivity index (χ3v) is 4.22. The van der Waals surface area contributed by atoms with Crippen LogP contribution in [0.3, 0.4) is 0 Å². The van der Waals surface area contributed by atoms with Crippen molar-refractivity contribution in [3.05, 3.63) is 36.0 Å². The van der Waals surface area contributed by atoms with Gasteiger partial charge >= 0.3 is 0 Å². The first-order valence-corrected chi connectivity index (χ1v) is 7.26. The van der Waals surface area contributed by atoms with Crippen LogP contribution in [0, 0.1) is 5.92 Å². The summed E-state index contributed by atoms with van der Waals surface area (Å²) < 4.78 is 0. The summed E-state index contributed by atoms with van der Waals surface area (Å²) in [6.07, 6.45) is 3.65. The summed E-state index contributed by atoms with van der Waals surface area (Å²) in [5.41, 5.74) is 7.36. The maximum Gasteiger partial charge on any atom is 0.226 e. The fourth-order valence-electron chi connectivity index (χ4n) is 2.90. The number of rotatable bonds is 3. The van der Waals surface area contributed by atoms with E-state index in [1.165, 1.54) is 0 Å². The number of likely N-dealkylation sites (tertiary alicyclic amines) is 1. The van der Waals surface area contributed by atoms with Crippen molar-refractivity contribution in [3.63, 3.8) is 0 Å². The summed E-state index contributed by atoms with van der Waals surface area (Å²) in [5, 5.41) is 1.15. The van der Waals surface area contributed by atoms with Crippen LogP contribution in [-0.4, -0.2) is 34.8 Å². The van der Waals surface area contributed by atoms with E-state index in [0.29, 0.717) is 32.4 Å². The number of H-pyrrole nitrogens is 1. The maximum atomic E-state index is 12.3. The number of carbonyl (C=O) groups is 2. The van der Waals surface area contributed by atoms with Crippen LogP contribution in [0.4, 0.5) is 0 Å². The van der Waals surface area contributed by atoms with Crippen LogP contribution < -0.4 is 5.73 Å². The van der Waals surface area contributed by atoms with Gasteiger partial charge in [0.05, 0.1) is 6.42 Å². The van der Waals surface area contributed by atoms with Crippen LogP contribution in [0.25, 0.3) is 10.9 Å². The molecule has 1 aromatic carbocycles. The van der Waals surface area contributed by atoms with Gasteiger partial charge in [0.15, 0.2) is 0 Å². The number of benzene rings is 1. The highest BCUT2D eigenvalue weighted by Crippen LogP contribution is 2.19. The van der Waals surface area contributed by atoms with Gasteiger partial charge < -0.3 is 15.6 Å². The van der Waals surface area contributed by atoms with Gasteiger partial charge in [-0.25, -0.2) is 0 Å². The van der Waals surface area contributed by atoms with Gasteiger partial charge in [-0.2, -0.15) is 0 Å². The molecule has 110 valence electrons. The van der Waals surface area contributed by atoms with Gasteiger partial charge in [-0.1, -0.05) is 12.1 Å². The lowest BCUT2D eigenvalue weighted by atomic mass is 9.96. The monoisotopic (exact) mass is 285 g/mol. The summed E-state index contributed by atoms with van der Waals surface area (Å²) in [6, 6.07) is 8.04. The average molecular weight is 285 g/mol. The highest BCUT2D eigenvalue weighted by Gasteiger charge is 2.25. The maximum absolute atomic E-state index is 12.3. The SMILES string of the molecule is NC(=O)C1CCN(C(=O)Cc2ccc3cc[nH]c3c2)CC1. The number of hydrogen-bond acceptors (Lipinski definition) is 2. The molecular weight excluding hydrogens is 266 g/mol. The molecular formula is C16H19N3O2. The van der Waals surface area contributed by atoms with Crippen LogP contribution >= 0.6 is 0 Å². The van der Waals surface area contributed by atoms with Gasteiger partial charge in [0.1, 0.15) is 0 Å². The van der Waals surface area contributed by atoms with Crippen LogP contribution in [-0.2, 0) is 16.0 Å². The van der Waals surface area contributed by atoms with Crippen LogP contribution in [0.5, 0.6) is 0 Å². The van der Waals surface area contributed by atoms with Gasteiger partial charge in [0, 0.05) is 30.7 Å². The Morgan fingerprint density at radius 1 is 1.24 bits per heavy atom. The van der Waals surface area contributed by atoms with E-state index in [1.807, 2.05) is 35.4 Å². The molecule has 0 aliphatic carbocycles. The number of amides is 2. The Kier molecular flexibility index (Phi) is 3.64. The zero-order valence-electron chi connectivity index (χ0n) is 11.8. The fourth-order valence-corrected chi connectivity index (χ4v) is 2.90. The van der Waals surface area contributed by atoms with E-state index in [9.17, 15) is 9.59 Å². The predicted molar refractivity (Wildman–Crippen MR) is 80.5 cm³/mol. The Hall–Kier alpha value is -2.30. The first-order chi connectivity index (χ1) is 10.1. The van der Waals surface area contributed by atoms with Crippen molar-refractivity contribution in [1.82, 2.24) is 9.88 Å². The molecule has 2 heterocycles. The Morgan fingerprint density at radius 3 is 2.71 bits per heavy atom. The number of piperidine rings is 1. The third-order valence-electron chi connectivity index (χ3n) is 4.22. The average Bonchev–Trinajstić information content (AvgIpc) is 2.95. The lowest BCUT2D eigenvalue weighted by Gasteiger charge is -2.30. The first-order valence-electron chi connectivity index (χ1n) is 7.26. The van der Waals surface area contributed by atoms with Crippen LogP contribution in [0.2, 0.25) is 0 Å². The van der Waals surface area contributed by atoms with Crippen molar-refractivity contribution in [2.45, 2.75) is 19.3 Å². The molecule has 1 aliphatic rings. The Labute approximate surface area is 123 Å². The van der Waals surface area contributed by atoms with Gasteiger partial charge in [-0.15, -0.1) is 0 Å². The Morgan fingerprint density at radius 2 is 2.00 bits per heavy atom. The molecule has 2 amide bonds. The number of hydrogen-bond donors (Lipinski definition) is 2. The molecule has 1 saturated heterocycles. The van der Waals surface area contributed by atoms with E-state index < -0.39 is 0 Å². The van der Waals surface area contributed by atoms with Gasteiger partial charge in [-0.3, -0.25) is 9.59 Å². The quantitative estimate of drug-likeness (QED) is 0.894. The largest absolute Gasteiger partial charge is 0.369 e. The molecule has 5 heteroatoms. The van der Waals surface area contributed by atoms with Gasteiger partial charge in [0.2, 0.25) is 11.8 Å². The minimum absolute atomic E-state index is 0.0793. The number of nitrogens with zero attached hydrogens (tertiary/aromatic N) is 1. The molecule has 0 unspecified atom stereocenters. The van der Waals surface area contributed by atoms with E-state index in [1.54, 1.807) is 0 Å². The lowest BCUT2D eigenvalue weighted by molar-refractivity contribution is -0.134. The summed E-state index contributed by atoms with van der Waals surface area (Å²) in [7, 11) is 0. The molecule has 3 N–H and O–H groups in total. The lowest BCUT2D eigenvalue weighted by Crippen LogP contribution is -2.42. The number of carbonyl (C=O) groups excluding carboxylic acids is 2. The molecule has 1 aliphatic heterocycles. The molecule has 0 saturated carbocycles. The number of aromatic nitrogens is 1. The molecule has 5 nitrogen and oxygen atoms in total. The number of primary amides is 1. The molecule has 1 fully saturated rings. The topological polar surface area (TPSA) is 79.2 Å². The van der Waals surface area contributed by atoms with E-state index in [2.05, 4.69) is 4.98 Å². The second-order valence-electron chi connectivity index (χ2n) is 5.63. The number of fused-ring (bicyclic) bond motifs is 1. The molecule has 1 aromatic heterocycles. The molecule has 0 radical (unpaired) electrons. The van der Waals surface area contributed by atoms with Gasteiger partial charge in [0.25, 0.3) is 0 Å². The molecule has 0 atom stereocenters. The second kappa shape index (κ2) is 5.60. The summed E-state index contributed by atoms with van der Waals surface area (Å²) in [4.78, 5) is 28.4. The first kappa shape index (κ1) is 13.7. The molecule has 3 rings (SSSR count). The van der Waals surface area contributed by atoms with Crippen LogP contribution in [0.15, 0.2) is 30.5 Å². The normalized spacial score (nSPS) is 16.3. The van der Waals surface area contributed by atoms with E-state index in [0.717, 1.165) is 16.5 Å². The molecule has 0 spiro atoms. The number of nitrogens with two attached hydrogens (primary N) is 1. The Bertz CT molecular complexity index is 669. The molecule has 0 bridgehead atoms. The minimum atomic E-state index is -0.251. The third kappa shape index (κ3) is 2.91. The van der Waals surface area contributed by atoms with Crippen molar-refractivity contribution in [3.8, 4) is 0 Å². The fraction of sp³-hybridized carbons (Fsp3) is 0.375. The highest BCUT2D eigenvalue weighted by molar-refractivity contribution is 5.84. The molecule has 2 aromatic rings. The standard InChI is InChI=1S/C16H19N3O2/c17-16(21)13-4-7-19(8-5-13)15(20)10-11-1-2-12-3-6-18-14(12)9-11/h1-3,6,9,13,18H,4-5,7-8,10H2,(H2,17,21). The zero-order valence-corrected chi connectivity index (χ0v) is 11.8. The second-order valence-corrected chi connectivity index (χ2v) is 5.63. The van der Waals surface area contributed by atoms with Crippen molar-refractivity contribution in [1.29, 1.82) is 0 Å². The minimum Gasteiger partial charge on any atom is -0.369 e. The van der Waals surface area contributed by atoms with Crippen molar-refractivity contribution in [2.75, 3.05) is 13.1 Å². The smallest absolute Gasteiger partial charge is 0.226 e. The number of aromatic amines is 1. The predicted octanol–water partition coefficient (Wildman–Crippen LogP) is 1.43. The van der Waals surface area contributed by atoms with Crippen molar-refractivity contribution >= 4 is 22.7 Å². The zero-order chi connectivity index (χ0) is 14.8. The summed E-state index contributed by atoms with van der Waals surface area (Å²) in [6.45, 7) is 1.24. The van der Waals surface area contributed by atoms with Crippen molar-refractivity contribution < 1.29 is 9.59 Å². The van der Waals surface area contributed by atoms with E-state index in [4.69, 9.17) is 5.73 Å². The van der Waals surface area contributed by atoms with Gasteiger partial charge in [-0.05, 0) is 35.9 Å². The number of nitrogens with one attached hydrogen (secondary N) is 1. The van der Waals surface area contributed by atoms with Crippen molar-refractivity contribution in [2.24, 2.45) is 11.7 Å². The summed E-state index contributed by atoms with van der Waals surface area (Å²) >= 11 is 0. The summed E-state index contributed by atoms with van der Waals surface area (Å²) in [5.74, 6) is -0.215. The van der Waals surface area contributed by atoms with E-state index >= 15 is 0 Å². The van der Waals surface area contributed by atoms with Crippen LogP contribution in [0.1, 0.15) is 18.4 Å². The highest BCUT2D eigenvalue weighted by atomic mass is 16.2. The van der Waals surface area contributed by atoms with E-state index in [-0.39, 0.29) is 17.7 Å². The molecule has 21 heavy (non-hydrogen) atoms. The Balaban J connectivity index is 1.62.